The molecule has 1 aliphatic carbocycles. The van der Waals surface area contributed by atoms with Crippen molar-refractivity contribution in [3.8, 4) is 0 Å². The molecular weight excluding hydrogens is 214 g/mol. The van der Waals surface area contributed by atoms with Crippen LogP contribution in [0.5, 0.6) is 0 Å². The van der Waals surface area contributed by atoms with Crippen molar-refractivity contribution in [3.63, 3.8) is 0 Å². The fraction of sp³-hybridized carbons (Fsp3) is 0.300. The molecule has 0 amide bonds. The van der Waals surface area contributed by atoms with Crippen LogP contribution in [-0.4, -0.2) is 20.4 Å². The van der Waals surface area contributed by atoms with Crippen LogP contribution in [0, 0.1) is 0 Å². The molecule has 0 bridgehead atoms. The number of hydrogen-bond acceptors (Lipinski definition) is 4. The maximum Gasteiger partial charge on any atom is 0.325 e. The Morgan fingerprint density at radius 2 is 2.00 bits per heavy atom. The zero-order chi connectivity index (χ0) is 10.9. The quantitative estimate of drug-likeness (QED) is 0.713. The molecule has 15 heavy (non-hydrogen) atoms. The van der Waals surface area contributed by atoms with Crippen molar-refractivity contribution in [2.24, 2.45) is 5.16 Å². The van der Waals surface area contributed by atoms with E-state index < -0.39 is 10.1 Å². The number of aryl methyl sites for hydroxylation is 1. The molecule has 0 saturated heterocycles. The summed E-state index contributed by atoms with van der Waals surface area (Å²) in [4.78, 5) is 0. The van der Waals surface area contributed by atoms with Gasteiger partial charge in [0.25, 0.3) is 0 Å². The van der Waals surface area contributed by atoms with Gasteiger partial charge in [0, 0.05) is 5.56 Å². The summed E-state index contributed by atoms with van der Waals surface area (Å²) in [7, 11) is -3.50. The maximum atomic E-state index is 10.8. The lowest BCUT2D eigenvalue weighted by molar-refractivity contribution is 0.342. The Labute approximate surface area is 88.7 Å². The van der Waals surface area contributed by atoms with Gasteiger partial charge in [0.05, 0.1) is 12.0 Å². The standard InChI is InChI=1S/C10H11NO3S/c1-15(12,13)14-11-10-7-6-8-4-2-3-5-9(8)10/h2-5H,6-7H2,1H3/b11-10+. The largest absolute Gasteiger partial charge is 0.325 e. The van der Waals surface area contributed by atoms with E-state index in [1.807, 2.05) is 24.3 Å². The molecule has 0 atom stereocenters. The number of rotatable bonds is 2. The van der Waals surface area contributed by atoms with E-state index in [4.69, 9.17) is 0 Å². The van der Waals surface area contributed by atoms with Crippen molar-refractivity contribution < 1.29 is 12.7 Å². The van der Waals surface area contributed by atoms with E-state index >= 15 is 0 Å². The molecule has 0 heterocycles. The lowest BCUT2D eigenvalue weighted by Crippen LogP contribution is -2.01. The summed E-state index contributed by atoms with van der Waals surface area (Å²) in [6.07, 6.45) is 2.61. The number of nitrogens with zero attached hydrogens (tertiary/aromatic N) is 1. The molecular formula is C10H11NO3S. The first-order valence-electron chi connectivity index (χ1n) is 4.60. The van der Waals surface area contributed by atoms with Crippen molar-refractivity contribution >= 4 is 15.8 Å². The Morgan fingerprint density at radius 3 is 2.73 bits per heavy atom. The Balaban J connectivity index is 2.28. The van der Waals surface area contributed by atoms with Crippen LogP contribution in [-0.2, 0) is 20.8 Å². The lowest BCUT2D eigenvalue weighted by atomic mass is 10.1. The predicted octanol–water partition coefficient (Wildman–Crippen LogP) is 1.31. The Hall–Kier alpha value is -1.36. The van der Waals surface area contributed by atoms with Gasteiger partial charge < -0.3 is 0 Å². The molecule has 2 rings (SSSR count). The molecule has 0 unspecified atom stereocenters. The number of benzene rings is 1. The first-order valence-corrected chi connectivity index (χ1v) is 6.42. The summed E-state index contributed by atoms with van der Waals surface area (Å²) in [5, 5.41) is 3.66. The molecule has 0 aromatic heterocycles. The highest BCUT2D eigenvalue weighted by Gasteiger charge is 2.17. The maximum absolute atomic E-state index is 10.8. The molecule has 1 aliphatic rings. The van der Waals surface area contributed by atoms with E-state index in [9.17, 15) is 8.42 Å². The van der Waals surface area contributed by atoms with Crippen molar-refractivity contribution in [1.82, 2.24) is 0 Å². The summed E-state index contributed by atoms with van der Waals surface area (Å²) in [6, 6.07) is 7.80. The van der Waals surface area contributed by atoms with E-state index in [0.29, 0.717) is 5.71 Å². The Morgan fingerprint density at radius 1 is 1.27 bits per heavy atom. The minimum absolute atomic E-state index is 0.705. The van der Waals surface area contributed by atoms with Gasteiger partial charge in [-0.25, -0.2) is 0 Å². The van der Waals surface area contributed by atoms with Gasteiger partial charge in [-0.1, -0.05) is 29.4 Å². The average molecular weight is 225 g/mol. The van der Waals surface area contributed by atoms with Crippen LogP contribution in [0.15, 0.2) is 29.4 Å². The molecule has 4 nitrogen and oxygen atoms in total. The van der Waals surface area contributed by atoms with E-state index in [1.54, 1.807) is 0 Å². The predicted molar refractivity (Wildman–Crippen MR) is 57.2 cm³/mol. The highest BCUT2D eigenvalue weighted by Crippen LogP contribution is 2.22. The second-order valence-electron chi connectivity index (χ2n) is 3.47. The van der Waals surface area contributed by atoms with Gasteiger partial charge in [-0.2, -0.15) is 8.42 Å². The second-order valence-corrected chi connectivity index (χ2v) is 5.03. The molecule has 0 fully saturated rings. The zero-order valence-electron chi connectivity index (χ0n) is 8.30. The van der Waals surface area contributed by atoms with Crippen LogP contribution in [0.2, 0.25) is 0 Å². The van der Waals surface area contributed by atoms with Crippen LogP contribution in [0.3, 0.4) is 0 Å². The summed E-state index contributed by atoms with van der Waals surface area (Å²) in [5.41, 5.74) is 2.88. The van der Waals surface area contributed by atoms with Crippen LogP contribution in [0.1, 0.15) is 17.5 Å². The Kier molecular flexibility index (Phi) is 2.48. The third-order valence-electron chi connectivity index (χ3n) is 2.24. The monoisotopic (exact) mass is 225 g/mol. The average Bonchev–Trinajstić information content (AvgIpc) is 2.57. The van der Waals surface area contributed by atoms with Crippen LogP contribution >= 0.6 is 0 Å². The summed E-state index contributed by atoms with van der Waals surface area (Å²) in [6.45, 7) is 0. The van der Waals surface area contributed by atoms with Crippen molar-refractivity contribution in [3.05, 3.63) is 35.4 Å². The molecule has 1 aromatic rings. The molecule has 0 aliphatic heterocycles. The van der Waals surface area contributed by atoms with Gasteiger partial charge in [-0.15, -0.1) is 0 Å². The lowest BCUT2D eigenvalue weighted by Gasteiger charge is -1.98. The molecule has 0 radical (unpaired) electrons. The van der Waals surface area contributed by atoms with Crippen LogP contribution in [0.4, 0.5) is 0 Å². The highest BCUT2D eigenvalue weighted by atomic mass is 32.2. The summed E-state index contributed by atoms with van der Waals surface area (Å²) in [5.74, 6) is 0. The van der Waals surface area contributed by atoms with Gasteiger partial charge in [0.15, 0.2) is 0 Å². The zero-order valence-corrected chi connectivity index (χ0v) is 9.12. The van der Waals surface area contributed by atoms with E-state index in [-0.39, 0.29) is 0 Å². The third-order valence-corrected chi connectivity index (χ3v) is 2.59. The molecule has 80 valence electrons. The van der Waals surface area contributed by atoms with E-state index in [2.05, 4.69) is 9.44 Å². The van der Waals surface area contributed by atoms with Crippen molar-refractivity contribution in [2.75, 3.05) is 6.26 Å². The van der Waals surface area contributed by atoms with E-state index in [0.717, 1.165) is 24.7 Å². The molecule has 1 aromatic carbocycles. The molecule has 0 saturated carbocycles. The number of oxime groups is 1. The molecule has 0 N–H and O–H groups in total. The number of fused-ring (bicyclic) bond motifs is 1. The minimum atomic E-state index is -3.50. The third kappa shape index (κ3) is 2.36. The summed E-state index contributed by atoms with van der Waals surface area (Å²) < 4.78 is 26.0. The van der Waals surface area contributed by atoms with Gasteiger partial charge >= 0.3 is 10.1 Å². The number of hydrogen-bond donors (Lipinski definition) is 0. The van der Waals surface area contributed by atoms with Crippen LogP contribution < -0.4 is 0 Å². The highest BCUT2D eigenvalue weighted by molar-refractivity contribution is 7.85. The minimum Gasteiger partial charge on any atom is -0.268 e. The summed E-state index contributed by atoms with van der Waals surface area (Å²) >= 11 is 0. The van der Waals surface area contributed by atoms with E-state index in [1.165, 1.54) is 5.56 Å². The SMILES string of the molecule is CS(=O)(=O)O/N=C1\CCc2ccccc21. The fourth-order valence-corrected chi connectivity index (χ4v) is 1.84. The topological polar surface area (TPSA) is 55.7 Å². The van der Waals surface area contributed by atoms with Crippen molar-refractivity contribution in [2.45, 2.75) is 12.8 Å². The molecule has 0 spiro atoms. The first kappa shape index (κ1) is 10.2. The van der Waals surface area contributed by atoms with Crippen molar-refractivity contribution in [1.29, 1.82) is 0 Å². The normalized spacial score (nSPS) is 17.8. The van der Waals surface area contributed by atoms with Gasteiger partial charge in [0.1, 0.15) is 0 Å². The Bertz CT molecular complexity index is 505. The fourth-order valence-electron chi connectivity index (χ4n) is 1.62. The molecule has 5 heteroatoms. The first-order chi connectivity index (χ1) is 7.06. The van der Waals surface area contributed by atoms with Crippen LogP contribution in [0.25, 0.3) is 0 Å². The second kappa shape index (κ2) is 3.66. The smallest absolute Gasteiger partial charge is 0.268 e. The van der Waals surface area contributed by atoms with Gasteiger partial charge in [0.2, 0.25) is 0 Å². The van der Waals surface area contributed by atoms with Gasteiger partial charge in [-0.3, -0.25) is 4.28 Å². The van der Waals surface area contributed by atoms with Gasteiger partial charge in [-0.05, 0) is 18.4 Å².